The van der Waals surface area contributed by atoms with Crippen LogP contribution in [-0.4, -0.2) is 20.6 Å². The maximum Gasteiger partial charge on any atom is 0.173 e. The average Bonchev–Trinajstić information content (AvgIpc) is 2.82. The molecule has 0 saturated carbocycles. The van der Waals surface area contributed by atoms with E-state index >= 15 is 0 Å². The number of imidazole rings is 1. The monoisotopic (exact) mass is 280 g/mol. The number of hydrogen-bond acceptors (Lipinski definition) is 4. The van der Waals surface area contributed by atoms with Crippen LogP contribution in [0.15, 0.2) is 40.9 Å². The Labute approximate surface area is 113 Å². The van der Waals surface area contributed by atoms with Gasteiger partial charge in [0.05, 0.1) is 5.56 Å². The number of thioether (sulfide) groups is 1. The number of oxime groups is 1. The van der Waals surface area contributed by atoms with Crippen molar-refractivity contribution in [2.24, 2.45) is 17.9 Å². The predicted octanol–water partition coefficient (Wildman–Crippen LogP) is 1.95. The first-order chi connectivity index (χ1) is 9.13. The number of halogens is 1. The summed E-state index contributed by atoms with van der Waals surface area (Å²) in [7, 11) is 1.87. The van der Waals surface area contributed by atoms with Crippen LogP contribution in [-0.2, 0) is 12.8 Å². The van der Waals surface area contributed by atoms with Crippen molar-refractivity contribution < 1.29 is 9.60 Å². The van der Waals surface area contributed by atoms with E-state index in [0.29, 0.717) is 11.3 Å². The fraction of sp³-hybridized carbons (Fsp3) is 0.167. The van der Waals surface area contributed by atoms with Crippen LogP contribution in [0, 0.1) is 5.82 Å². The zero-order valence-electron chi connectivity index (χ0n) is 10.2. The van der Waals surface area contributed by atoms with Crippen molar-refractivity contribution >= 4 is 17.6 Å². The first-order valence-electron chi connectivity index (χ1n) is 5.49. The van der Waals surface area contributed by atoms with Gasteiger partial charge in [0.2, 0.25) is 0 Å². The number of aryl methyl sites for hydroxylation is 1. The quantitative estimate of drug-likeness (QED) is 0.295. The zero-order chi connectivity index (χ0) is 13.8. The Morgan fingerprint density at radius 3 is 3.00 bits per heavy atom. The Balaban J connectivity index is 2.20. The molecule has 0 spiro atoms. The maximum atomic E-state index is 14.1. The van der Waals surface area contributed by atoms with Gasteiger partial charge in [-0.15, -0.1) is 0 Å². The third kappa shape index (κ3) is 2.87. The van der Waals surface area contributed by atoms with Crippen molar-refractivity contribution in [3.05, 3.63) is 47.5 Å². The van der Waals surface area contributed by atoms with Gasteiger partial charge in [0.25, 0.3) is 0 Å². The number of nitrogens with two attached hydrogens (primary N) is 1. The zero-order valence-corrected chi connectivity index (χ0v) is 11.1. The predicted molar refractivity (Wildman–Crippen MR) is 71.7 cm³/mol. The molecule has 0 radical (unpaired) electrons. The molecule has 19 heavy (non-hydrogen) atoms. The SMILES string of the molecule is Cn1ccnc1SCc1cccc(/C(N)=N/O)c1F. The molecule has 0 bridgehead atoms. The highest BCUT2D eigenvalue weighted by atomic mass is 32.2. The molecule has 2 aromatic rings. The first kappa shape index (κ1) is 13.4. The van der Waals surface area contributed by atoms with Gasteiger partial charge in [-0.25, -0.2) is 9.37 Å². The fourth-order valence-electron chi connectivity index (χ4n) is 1.58. The molecule has 7 heteroatoms. The highest BCUT2D eigenvalue weighted by molar-refractivity contribution is 7.98. The summed E-state index contributed by atoms with van der Waals surface area (Å²) >= 11 is 1.42. The molecule has 0 fully saturated rings. The summed E-state index contributed by atoms with van der Waals surface area (Å²) in [5, 5.41) is 12.2. The summed E-state index contributed by atoms with van der Waals surface area (Å²) in [6.07, 6.45) is 3.51. The molecule has 0 aliphatic carbocycles. The van der Waals surface area contributed by atoms with Gasteiger partial charge >= 0.3 is 0 Å². The van der Waals surface area contributed by atoms with Crippen molar-refractivity contribution in [2.75, 3.05) is 0 Å². The van der Waals surface area contributed by atoms with Crippen LogP contribution in [0.4, 0.5) is 4.39 Å². The lowest BCUT2D eigenvalue weighted by atomic mass is 10.1. The van der Waals surface area contributed by atoms with Gasteiger partial charge in [-0.3, -0.25) is 0 Å². The van der Waals surface area contributed by atoms with Crippen LogP contribution in [0.3, 0.4) is 0 Å². The van der Waals surface area contributed by atoms with Crippen molar-refractivity contribution in [3.8, 4) is 0 Å². The second kappa shape index (κ2) is 5.75. The number of rotatable bonds is 4. The Morgan fingerprint density at radius 1 is 1.58 bits per heavy atom. The normalized spacial score (nSPS) is 11.8. The van der Waals surface area contributed by atoms with E-state index in [1.54, 1.807) is 18.3 Å². The smallest absolute Gasteiger partial charge is 0.173 e. The van der Waals surface area contributed by atoms with Crippen LogP contribution in [0.1, 0.15) is 11.1 Å². The summed E-state index contributed by atoms with van der Waals surface area (Å²) in [6.45, 7) is 0. The van der Waals surface area contributed by atoms with Crippen LogP contribution in [0.2, 0.25) is 0 Å². The largest absolute Gasteiger partial charge is 0.409 e. The van der Waals surface area contributed by atoms with E-state index < -0.39 is 5.82 Å². The van der Waals surface area contributed by atoms with Crippen LogP contribution < -0.4 is 5.73 Å². The van der Waals surface area contributed by atoms with E-state index in [2.05, 4.69) is 10.1 Å². The topological polar surface area (TPSA) is 76.4 Å². The third-order valence-corrected chi connectivity index (χ3v) is 3.70. The Hall–Kier alpha value is -2.02. The number of amidine groups is 1. The van der Waals surface area contributed by atoms with E-state index in [0.717, 1.165) is 5.16 Å². The standard InChI is InChI=1S/C12H13FN4OS/c1-17-6-5-15-12(17)19-7-8-3-2-4-9(10(8)13)11(14)16-18/h2-6,18H,7H2,1H3,(H2,14,16). The molecule has 0 atom stereocenters. The fourth-order valence-corrected chi connectivity index (χ4v) is 2.48. The molecule has 0 unspecified atom stereocenters. The van der Waals surface area contributed by atoms with Crippen molar-refractivity contribution in [2.45, 2.75) is 10.9 Å². The van der Waals surface area contributed by atoms with Gasteiger partial charge in [0.1, 0.15) is 5.82 Å². The first-order valence-corrected chi connectivity index (χ1v) is 6.47. The molecule has 1 aromatic heterocycles. The minimum atomic E-state index is -0.473. The summed E-state index contributed by atoms with van der Waals surface area (Å²) in [5.74, 6) is -0.288. The summed E-state index contributed by atoms with van der Waals surface area (Å²) in [4.78, 5) is 4.15. The molecule has 100 valence electrons. The second-order valence-corrected chi connectivity index (χ2v) is 4.82. The lowest BCUT2D eigenvalue weighted by molar-refractivity contribution is 0.318. The van der Waals surface area contributed by atoms with Gasteiger partial charge in [-0.2, -0.15) is 0 Å². The van der Waals surface area contributed by atoms with Crippen molar-refractivity contribution in [1.29, 1.82) is 0 Å². The molecular formula is C12H13FN4OS. The molecule has 0 aliphatic rings. The van der Waals surface area contributed by atoms with Crippen molar-refractivity contribution in [3.63, 3.8) is 0 Å². The minimum absolute atomic E-state index is 0.0976. The molecule has 1 heterocycles. The van der Waals surface area contributed by atoms with Crippen LogP contribution in [0.25, 0.3) is 0 Å². The second-order valence-electron chi connectivity index (χ2n) is 3.87. The molecule has 1 aromatic carbocycles. The molecule has 5 nitrogen and oxygen atoms in total. The third-order valence-electron chi connectivity index (χ3n) is 2.60. The molecule has 0 saturated heterocycles. The Bertz CT molecular complexity index is 612. The van der Waals surface area contributed by atoms with Gasteiger partial charge in [0.15, 0.2) is 11.0 Å². The van der Waals surface area contributed by atoms with Crippen LogP contribution in [0.5, 0.6) is 0 Å². The molecule has 0 aliphatic heterocycles. The number of hydrogen-bond donors (Lipinski definition) is 2. The summed E-state index contributed by atoms with van der Waals surface area (Å²) < 4.78 is 16.0. The summed E-state index contributed by atoms with van der Waals surface area (Å²) in [6, 6.07) is 4.81. The van der Waals surface area contributed by atoms with E-state index in [1.807, 2.05) is 17.8 Å². The number of aromatic nitrogens is 2. The lowest BCUT2D eigenvalue weighted by Gasteiger charge is -2.07. The van der Waals surface area contributed by atoms with Gasteiger partial charge < -0.3 is 15.5 Å². The minimum Gasteiger partial charge on any atom is -0.409 e. The van der Waals surface area contributed by atoms with E-state index in [9.17, 15) is 4.39 Å². The average molecular weight is 280 g/mol. The molecule has 3 N–H and O–H groups in total. The van der Waals surface area contributed by atoms with Crippen molar-refractivity contribution in [1.82, 2.24) is 9.55 Å². The summed E-state index contributed by atoms with van der Waals surface area (Å²) in [5.41, 5.74) is 6.00. The lowest BCUT2D eigenvalue weighted by Crippen LogP contribution is -2.15. The Morgan fingerprint density at radius 2 is 2.37 bits per heavy atom. The molecule has 2 rings (SSSR count). The number of nitrogens with zero attached hydrogens (tertiary/aromatic N) is 3. The van der Waals surface area contributed by atoms with E-state index in [4.69, 9.17) is 10.9 Å². The number of benzene rings is 1. The maximum absolute atomic E-state index is 14.1. The van der Waals surface area contributed by atoms with Gasteiger partial charge in [-0.05, 0) is 11.6 Å². The van der Waals surface area contributed by atoms with Gasteiger partial charge in [-0.1, -0.05) is 29.1 Å². The Kier molecular flexibility index (Phi) is 4.06. The van der Waals surface area contributed by atoms with E-state index in [-0.39, 0.29) is 11.4 Å². The van der Waals surface area contributed by atoms with Crippen LogP contribution >= 0.6 is 11.8 Å². The molecular weight excluding hydrogens is 267 g/mol. The van der Waals surface area contributed by atoms with Gasteiger partial charge in [0, 0.05) is 25.2 Å². The van der Waals surface area contributed by atoms with E-state index in [1.165, 1.54) is 17.8 Å². The highest BCUT2D eigenvalue weighted by Gasteiger charge is 2.12. The molecule has 0 amide bonds. The highest BCUT2D eigenvalue weighted by Crippen LogP contribution is 2.23.